The van der Waals surface area contributed by atoms with Crippen LogP contribution in [-0.2, 0) is 11.2 Å². The van der Waals surface area contributed by atoms with Crippen LogP contribution in [-0.4, -0.2) is 5.97 Å². The highest BCUT2D eigenvalue weighted by Gasteiger charge is 1.98. The second kappa shape index (κ2) is 6.40. The minimum absolute atomic E-state index is 0.350. The zero-order chi connectivity index (χ0) is 12.6. The van der Waals surface area contributed by atoms with E-state index in [0.717, 1.165) is 6.42 Å². The number of allylic oxidation sites excluding steroid dienone is 1. The summed E-state index contributed by atoms with van der Waals surface area (Å²) in [6.07, 6.45) is 3.99. The minimum Gasteiger partial charge on any atom is -0.423 e. The number of carbonyl (C=O) groups is 1. The number of para-hydroxylation sites is 1. The molecule has 0 fully saturated rings. The lowest BCUT2D eigenvalue weighted by Crippen LogP contribution is -2.03. The van der Waals surface area contributed by atoms with Crippen LogP contribution < -0.4 is 4.74 Å². The van der Waals surface area contributed by atoms with Gasteiger partial charge in [-0.15, -0.1) is 0 Å². The zero-order valence-corrected chi connectivity index (χ0v) is 9.95. The molecule has 0 aromatic heterocycles. The van der Waals surface area contributed by atoms with Crippen molar-refractivity contribution < 1.29 is 9.53 Å². The van der Waals surface area contributed by atoms with Gasteiger partial charge < -0.3 is 4.74 Å². The highest BCUT2D eigenvalue weighted by molar-refractivity contribution is 5.84. The molecule has 0 amide bonds. The number of esters is 1. The second-order valence-electron chi connectivity index (χ2n) is 3.83. The summed E-state index contributed by atoms with van der Waals surface area (Å²) < 4.78 is 5.13. The average Bonchev–Trinajstić information content (AvgIpc) is 2.41. The van der Waals surface area contributed by atoms with Gasteiger partial charge >= 0.3 is 5.97 Å². The van der Waals surface area contributed by atoms with Gasteiger partial charge in [-0.3, -0.25) is 0 Å². The van der Waals surface area contributed by atoms with Gasteiger partial charge in [-0.2, -0.15) is 0 Å². The van der Waals surface area contributed by atoms with Gasteiger partial charge in [-0.25, -0.2) is 4.79 Å². The maximum Gasteiger partial charge on any atom is 0.335 e. The van der Waals surface area contributed by atoms with Gasteiger partial charge in [0.25, 0.3) is 0 Å². The lowest BCUT2D eigenvalue weighted by atomic mass is 10.1. The van der Waals surface area contributed by atoms with Gasteiger partial charge in [0.2, 0.25) is 0 Å². The standard InChI is InChI=1S/C16H14O2/c17-16(18-15-11-5-2-6-12-15)13-7-10-14-8-3-1-4-9-14/h1-9,11-13H,10H2/b13-7+. The van der Waals surface area contributed by atoms with Crippen molar-refractivity contribution in [2.24, 2.45) is 0 Å². The highest BCUT2D eigenvalue weighted by atomic mass is 16.5. The molecule has 0 N–H and O–H groups in total. The predicted octanol–water partition coefficient (Wildman–Crippen LogP) is 3.39. The monoisotopic (exact) mass is 238 g/mol. The van der Waals surface area contributed by atoms with Crippen LogP contribution in [0, 0.1) is 0 Å². The third-order valence-corrected chi connectivity index (χ3v) is 2.41. The first kappa shape index (κ1) is 12.1. The Morgan fingerprint density at radius 1 is 0.944 bits per heavy atom. The molecule has 2 aromatic carbocycles. The number of hydrogen-bond donors (Lipinski definition) is 0. The van der Waals surface area contributed by atoms with Crippen LogP contribution in [0.15, 0.2) is 72.8 Å². The first-order chi connectivity index (χ1) is 8.84. The lowest BCUT2D eigenvalue weighted by Gasteiger charge is -1.99. The lowest BCUT2D eigenvalue weighted by molar-refractivity contribution is -0.129. The molecule has 2 heteroatoms. The number of benzene rings is 2. The van der Waals surface area contributed by atoms with Crippen LogP contribution in [0.5, 0.6) is 5.75 Å². The second-order valence-corrected chi connectivity index (χ2v) is 3.83. The third-order valence-electron chi connectivity index (χ3n) is 2.41. The van der Waals surface area contributed by atoms with Crippen molar-refractivity contribution in [1.82, 2.24) is 0 Å². The van der Waals surface area contributed by atoms with Crippen molar-refractivity contribution in [3.8, 4) is 5.75 Å². The highest BCUT2D eigenvalue weighted by Crippen LogP contribution is 2.08. The molecule has 0 bridgehead atoms. The van der Waals surface area contributed by atoms with E-state index >= 15 is 0 Å². The van der Waals surface area contributed by atoms with E-state index in [2.05, 4.69) is 0 Å². The summed E-state index contributed by atoms with van der Waals surface area (Å²) in [7, 11) is 0. The Morgan fingerprint density at radius 3 is 2.22 bits per heavy atom. The summed E-state index contributed by atoms with van der Waals surface area (Å²) in [6.45, 7) is 0. The summed E-state index contributed by atoms with van der Waals surface area (Å²) in [5, 5.41) is 0. The minimum atomic E-state index is -0.350. The van der Waals surface area contributed by atoms with Gasteiger partial charge in [-0.1, -0.05) is 54.6 Å². The van der Waals surface area contributed by atoms with Crippen LogP contribution in [0.25, 0.3) is 0 Å². The molecule has 0 heterocycles. The molecular weight excluding hydrogens is 224 g/mol. The Morgan fingerprint density at radius 2 is 1.56 bits per heavy atom. The van der Waals surface area contributed by atoms with Gasteiger partial charge in [0.1, 0.15) is 5.75 Å². The Bertz CT molecular complexity index is 515. The van der Waals surface area contributed by atoms with Crippen molar-refractivity contribution in [3.63, 3.8) is 0 Å². The molecule has 0 aliphatic rings. The maximum absolute atomic E-state index is 11.5. The predicted molar refractivity (Wildman–Crippen MR) is 71.4 cm³/mol. The first-order valence-corrected chi connectivity index (χ1v) is 5.82. The Hall–Kier alpha value is -2.35. The molecule has 0 spiro atoms. The van der Waals surface area contributed by atoms with E-state index in [9.17, 15) is 4.79 Å². The molecule has 2 nitrogen and oxygen atoms in total. The topological polar surface area (TPSA) is 26.3 Å². The normalized spacial score (nSPS) is 10.4. The Kier molecular flexibility index (Phi) is 4.31. The fourth-order valence-corrected chi connectivity index (χ4v) is 1.54. The molecule has 0 atom stereocenters. The van der Waals surface area contributed by atoms with Crippen LogP contribution in [0.2, 0.25) is 0 Å². The molecule has 2 aromatic rings. The van der Waals surface area contributed by atoms with Crippen molar-refractivity contribution >= 4 is 5.97 Å². The smallest absolute Gasteiger partial charge is 0.335 e. The van der Waals surface area contributed by atoms with E-state index < -0.39 is 0 Å². The van der Waals surface area contributed by atoms with Crippen molar-refractivity contribution in [3.05, 3.63) is 78.4 Å². The Labute approximate surface area is 107 Å². The molecule has 0 unspecified atom stereocenters. The Balaban J connectivity index is 1.85. The SMILES string of the molecule is O=C(/C=C/Cc1ccccc1)Oc1ccccc1. The van der Waals surface area contributed by atoms with E-state index in [4.69, 9.17) is 4.74 Å². The molecule has 0 radical (unpaired) electrons. The number of hydrogen-bond acceptors (Lipinski definition) is 2. The third kappa shape index (κ3) is 3.91. The van der Waals surface area contributed by atoms with E-state index in [0.29, 0.717) is 5.75 Å². The maximum atomic E-state index is 11.5. The molecule has 0 aliphatic heterocycles. The quantitative estimate of drug-likeness (QED) is 0.463. The summed E-state index contributed by atoms with van der Waals surface area (Å²) in [5.74, 6) is 0.212. The average molecular weight is 238 g/mol. The zero-order valence-electron chi connectivity index (χ0n) is 9.95. The summed E-state index contributed by atoms with van der Waals surface area (Å²) >= 11 is 0. The molecule has 0 aliphatic carbocycles. The largest absolute Gasteiger partial charge is 0.423 e. The number of carbonyl (C=O) groups excluding carboxylic acids is 1. The van der Waals surface area contributed by atoms with Gasteiger partial charge in [-0.05, 0) is 24.1 Å². The molecule has 2 rings (SSSR count). The van der Waals surface area contributed by atoms with Crippen molar-refractivity contribution in [2.75, 3.05) is 0 Å². The van der Waals surface area contributed by atoms with Crippen molar-refractivity contribution in [1.29, 1.82) is 0 Å². The van der Waals surface area contributed by atoms with Gasteiger partial charge in [0, 0.05) is 6.08 Å². The van der Waals surface area contributed by atoms with Crippen molar-refractivity contribution in [2.45, 2.75) is 6.42 Å². The molecule has 0 saturated heterocycles. The van der Waals surface area contributed by atoms with Crippen LogP contribution in [0.1, 0.15) is 5.56 Å². The fraction of sp³-hybridized carbons (Fsp3) is 0.0625. The van der Waals surface area contributed by atoms with Gasteiger partial charge in [0.15, 0.2) is 0 Å². The molecular formula is C16H14O2. The molecule has 0 saturated carbocycles. The van der Waals surface area contributed by atoms with E-state index in [1.54, 1.807) is 18.2 Å². The summed E-state index contributed by atoms with van der Waals surface area (Å²) in [4.78, 5) is 11.5. The van der Waals surface area contributed by atoms with E-state index in [1.165, 1.54) is 11.6 Å². The summed E-state index contributed by atoms with van der Waals surface area (Å²) in [6, 6.07) is 19.0. The van der Waals surface area contributed by atoms with E-state index in [1.807, 2.05) is 48.5 Å². The van der Waals surface area contributed by atoms with E-state index in [-0.39, 0.29) is 5.97 Å². The van der Waals surface area contributed by atoms with Crippen LogP contribution >= 0.6 is 0 Å². The van der Waals surface area contributed by atoms with Crippen LogP contribution in [0.4, 0.5) is 0 Å². The first-order valence-electron chi connectivity index (χ1n) is 5.82. The summed E-state index contributed by atoms with van der Waals surface area (Å²) in [5.41, 5.74) is 1.17. The van der Waals surface area contributed by atoms with Crippen LogP contribution in [0.3, 0.4) is 0 Å². The number of ether oxygens (including phenoxy) is 1. The number of rotatable bonds is 4. The molecule has 90 valence electrons. The molecule has 18 heavy (non-hydrogen) atoms. The van der Waals surface area contributed by atoms with Gasteiger partial charge in [0.05, 0.1) is 0 Å². The fourth-order valence-electron chi connectivity index (χ4n) is 1.54.